The van der Waals surface area contributed by atoms with E-state index in [-0.39, 0.29) is 16.5 Å². The van der Waals surface area contributed by atoms with E-state index in [1.807, 2.05) is 13.0 Å². The molecule has 2 unspecified atom stereocenters. The van der Waals surface area contributed by atoms with Crippen LogP contribution < -0.4 is 0 Å². The third kappa shape index (κ3) is 2.76. The number of sulfonamides is 1. The van der Waals surface area contributed by atoms with Crippen LogP contribution in [-0.4, -0.2) is 42.0 Å². The zero-order valence-corrected chi connectivity index (χ0v) is 11.3. The van der Waals surface area contributed by atoms with Gasteiger partial charge in [0.1, 0.15) is 16.7 Å². The van der Waals surface area contributed by atoms with Crippen molar-refractivity contribution in [3.05, 3.63) is 24.0 Å². The van der Waals surface area contributed by atoms with E-state index >= 15 is 0 Å². The first-order valence-electron chi connectivity index (χ1n) is 5.99. The zero-order valence-electron chi connectivity index (χ0n) is 10.5. The number of hydrogen-bond acceptors (Lipinski definition) is 5. The lowest BCUT2D eigenvalue weighted by Crippen LogP contribution is -2.44. The summed E-state index contributed by atoms with van der Waals surface area (Å²) in [5, 5.41) is 18.3. The SMILES string of the molecule is CC1CN(S(=O)(=O)c2ccc(C#N)nc2)CCC1O. The van der Waals surface area contributed by atoms with Crippen LogP contribution >= 0.6 is 0 Å². The predicted molar refractivity (Wildman–Crippen MR) is 67.5 cm³/mol. The van der Waals surface area contributed by atoms with Crippen molar-refractivity contribution in [3.63, 3.8) is 0 Å². The fourth-order valence-electron chi connectivity index (χ4n) is 2.06. The standard InChI is InChI=1S/C12H15N3O3S/c1-9-8-15(5-4-12(9)16)19(17,18)11-3-2-10(6-13)14-7-11/h2-3,7,9,12,16H,4-5,8H2,1H3. The van der Waals surface area contributed by atoms with Crippen LogP contribution in [0.4, 0.5) is 0 Å². The fourth-order valence-corrected chi connectivity index (χ4v) is 3.56. The first kappa shape index (κ1) is 13.9. The molecule has 0 bridgehead atoms. The summed E-state index contributed by atoms with van der Waals surface area (Å²) in [7, 11) is -3.59. The van der Waals surface area contributed by atoms with Crippen LogP contribution in [0.25, 0.3) is 0 Å². The summed E-state index contributed by atoms with van der Waals surface area (Å²) in [6.07, 6.45) is 1.18. The van der Waals surface area contributed by atoms with Crippen LogP contribution in [0.2, 0.25) is 0 Å². The molecule has 0 aromatic carbocycles. The number of rotatable bonds is 2. The summed E-state index contributed by atoms with van der Waals surface area (Å²) in [6, 6.07) is 4.61. The third-order valence-corrected chi connectivity index (χ3v) is 5.16. The normalized spacial score (nSPS) is 24.9. The molecule has 0 amide bonds. The Bertz CT molecular complexity index is 592. The van der Waals surface area contributed by atoms with E-state index in [9.17, 15) is 13.5 Å². The van der Waals surface area contributed by atoms with Crippen molar-refractivity contribution in [2.75, 3.05) is 13.1 Å². The van der Waals surface area contributed by atoms with Gasteiger partial charge >= 0.3 is 0 Å². The minimum atomic E-state index is -3.59. The minimum absolute atomic E-state index is 0.0788. The highest BCUT2D eigenvalue weighted by atomic mass is 32.2. The molecule has 0 aliphatic carbocycles. The van der Waals surface area contributed by atoms with Crippen molar-refractivity contribution in [1.29, 1.82) is 5.26 Å². The van der Waals surface area contributed by atoms with Crippen molar-refractivity contribution >= 4 is 10.0 Å². The molecule has 1 aliphatic heterocycles. The summed E-state index contributed by atoms with van der Waals surface area (Å²) < 4.78 is 26.1. The van der Waals surface area contributed by atoms with Gasteiger partial charge in [-0.15, -0.1) is 0 Å². The summed E-state index contributed by atoms with van der Waals surface area (Å²) in [5.74, 6) is -0.0881. The first-order chi connectivity index (χ1) is 8.95. The van der Waals surface area contributed by atoms with Gasteiger partial charge in [0.2, 0.25) is 10.0 Å². The molecule has 6 nitrogen and oxygen atoms in total. The third-order valence-electron chi connectivity index (χ3n) is 3.31. The summed E-state index contributed by atoms with van der Waals surface area (Å²) in [5.41, 5.74) is 0.182. The highest BCUT2D eigenvalue weighted by Crippen LogP contribution is 2.23. The van der Waals surface area contributed by atoms with Crippen molar-refractivity contribution < 1.29 is 13.5 Å². The lowest BCUT2D eigenvalue weighted by Gasteiger charge is -2.33. The molecule has 2 rings (SSSR count). The minimum Gasteiger partial charge on any atom is -0.393 e. The maximum Gasteiger partial charge on any atom is 0.244 e. The quantitative estimate of drug-likeness (QED) is 0.843. The van der Waals surface area contributed by atoms with Gasteiger partial charge < -0.3 is 5.11 Å². The summed E-state index contributed by atoms with van der Waals surface area (Å²) in [4.78, 5) is 3.85. The Kier molecular flexibility index (Phi) is 3.85. The molecule has 1 saturated heterocycles. The number of piperidine rings is 1. The van der Waals surface area contributed by atoms with E-state index in [2.05, 4.69) is 4.98 Å². The van der Waals surface area contributed by atoms with Gasteiger partial charge in [-0.2, -0.15) is 9.57 Å². The highest BCUT2D eigenvalue weighted by Gasteiger charge is 2.32. The number of nitrogens with zero attached hydrogens (tertiary/aromatic N) is 3. The number of aromatic nitrogens is 1. The molecular weight excluding hydrogens is 266 g/mol. The fraction of sp³-hybridized carbons (Fsp3) is 0.500. The van der Waals surface area contributed by atoms with Gasteiger partial charge in [-0.3, -0.25) is 0 Å². The van der Waals surface area contributed by atoms with E-state index < -0.39 is 16.1 Å². The van der Waals surface area contributed by atoms with Gasteiger partial charge in [0.25, 0.3) is 0 Å². The van der Waals surface area contributed by atoms with E-state index in [1.54, 1.807) is 0 Å². The molecule has 0 spiro atoms. The number of hydrogen-bond donors (Lipinski definition) is 1. The molecule has 2 atom stereocenters. The molecule has 7 heteroatoms. The van der Waals surface area contributed by atoms with Gasteiger partial charge in [-0.1, -0.05) is 6.92 Å². The Morgan fingerprint density at radius 1 is 1.53 bits per heavy atom. The summed E-state index contributed by atoms with van der Waals surface area (Å²) in [6.45, 7) is 2.42. The number of nitriles is 1. The molecule has 0 saturated carbocycles. The Morgan fingerprint density at radius 3 is 2.79 bits per heavy atom. The average Bonchev–Trinajstić information content (AvgIpc) is 2.41. The maximum atomic E-state index is 12.4. The van der Waals surface area contributed by atoms with Crippen LogP contribution in [-0.2, 0) is 10.0 Å². The lowest BCUT2D eigenvalue weighted by molar-refractivity contribution is 0.0628. The second-order valence-corrected chi connectivity index (χ2v) is 6.63. The van der Waals surface area contributed by atoms with Crippen molar-refractivity contribution in [2.24, 2.45) is 5.92 Å². The topological polar surface area (TPSA) is 94.3 Å². The number of pyridine rings is 1. The van der Waals surface area contributed by atoms with E-state index in [0.717, 1.165) is 0 Å². The summed E-state index contributed by atoms with van der Waals surface area (Å²) >= 11 is 0. The van der Waals surface area contributed by atoms with Crippen LogP contribution in [0, 0.1) is 17.2 Å². The Hall–Kier alpha value is -1.49. The first-order valence-corrected chi connectivity index (χ1v) is 7.43. The average molecular weight is 281 g/mol. The molecule has 1 fully saturated rings. The van der Waals surface area contributed by atoms with Gasteiger partial charge in [0, 0.05) is 19.3 Å². The molecule has 102 valence electrons. The van der Waals surface area contributed by atoms with Crippen molar-refractivity contribution in [2.45, 2.75) is 24.3 Å². The predicted octanol–water partition coefficient (Wildman–Crippen LogP) is 0.345. The van der Waals surface area contributed by atoms with Crippen LogP contribution in [0.5, 0.6) is 0 Å². The van der Waals surface area contributed by atoms with Crippen molar-refractivity contribution in [1.82, 2.24) is 9.29 Å². The Balaban J connectivity index is 2.25. The molecule has 1 N–H and O–H groups in total. The molecule has 1 aromatic heterocycles. The number of aliphatic hydroxyl groups excluding tert-OH is 1. The number of aliphatic hydroxyl groups is 1. The lowest BCUT2D eigenvalue weighted by atomic mass is 9.99. The smallest absolute Gasteiger partial charge is 0.244 e. The van der Waals surface area contributed by atoms with Crippen molar-refractivity contribution in [3.8, 4) is 6.07 Å². The Labute approximate surface area is 112 Å². The second kappa shape index (κ2) is 5.25. The van der Waals surface area contributed by atoms with Gasteiger partial charge in [0.15, 0.2) is 0 Å². The van der Waals surface area contributed by atoms with Crippen LogP contribution in [0.3, 0.4) is 0 Å². The molecule has 2 heterocycles. The van der Waals surface area contributed by atoms with Gasteiger partial charge in [-0.25, -0.2) is 13.4 Å². The van der Waals surface area contributed by atoms with E-state index in [4.69, 9.17) is 5.26 Å². The largest absolute Gasteiger partial charge is 0.393 e. The van der Waals surface area contributed by atoms with Gasteiger partial charge in [-0.05, 0) is 24.5 Å². The van der Waals surface area contributed by atoms with Crippen LogP contribution in [0.15, 0.2) is 23.2 Å². The van der Waals surface area contributed by atoms with Crippen LogP contribution in [0.1, 0.15) is 19.0 Å². The van der Waals surface area contributed by atoms with E-state index in [1.165, 1.54) is 22.6 Å². The second-order valence-electron chi connectivity index (χ2n) is 4.69. The molecule has 19 heavy (non-hydrogen) atoms. The highest BCUT2D eigenvalue weighted by molar-refractivity contribution is 7.89. The van der Waals surface area contributed by atoms with E-state index in [0.29, 0.717) is 19.5 Å². The molecule has 1 aliphatic rings. The Morgan fingerprint density at radius 2 is 2.26 bits per heavy atom. The zero-order chi connectivity index (χ0) is 14.0. The molecule has 0 radical (unpaired) electrons. The molecule has 1 aromatic rings. The maximum absolute atomic E-state index is 12.4. The van der Waals surface area contributed by atoms with Gasteiger partial charge in [0.05, 0.1) is 6.10 Å². The molecular formula is C12H15N3O3S. The monoisotopic (exact) mass is 281 g/mol.